The van der Waals surface area contributed by atoms with Crippen molar-refractivity contribution in [1.82, 2.24) is 18.9 Å². The largest absolute Gasteiger partial charge is 0.463 e. The van der Waals surface area contributed by atoms with E-state index in [9.17, 15) is 28.8 Å². The monoisotopic (exact) mass is 980 g/mol. The zero-order valence-corrected chi connectivity index (χ0v) is 42.5. The van der Waals surface area contributed by atoms with Crippen molar-refractivity contribution in [1.29, 1.82) is 0 Å². The van der Waals surface area contributed by atoms with Crippen LogP contribution >= 0.6 is 23.2 Å². The third-order valence-corrected chi connectivity index (χ3v) is 11.4. The number of rotatable bonds is 3. The van der Waals surface area contributed by atoms with E-state index in [4.69, 9.17) is 9.47 Å². The molecule has 4 aromatic rings. The van der Waals surface area contributed by atoms with Gasteiger partial charge in [-0.2, -0.15) is 0 Å². The Balaban J connectivity index is 0.000000398. The van der Waals surface area contributed by atoms with Gasteiger partial charge >= 0.3 is 28.6 Å². The molecule has 2 aliphatic heterocycles. The summed E-state index contributed by atoms with van der Waals surface area (Å²) in [6.45, 7) is 27.6. The molecule has 0 saturated carbocycles. The second-order valence-electron chi connectivity index (χ2n) is 19.5. The lowest BCUT2D eigenvalue weighted by molar-refractivity contribution is -0.135. The van der Waals surface area contributed by atoms with Crippen LogP contribution in [0.15, 0.2) is 42.7 Å². The highest BCUT2D eigenvalue weighted by molar-refractivity contribution is 6.97. The summed E-state index contributed by atoms with van der Waals surface area (Å²) in [4.78, 5) is 72.3. The van der Waals surface area contributed by atoms with Gasteiger partial charge in [0.2, 0.25) is 0 Å². The van der Waals surface area contributed by atoms with Gasteiger partial charge in [-0.05, 0) is 106 Å². The molecule has 0 N–H and O–H groups in total. The number of halogens is 2. The molecule has 0 atom stereocenters. The number of methoxy groups -OCH3 is 1. The Morgan fingerprint density at radius 1 is 0.636 bits per heavy atom. The van der Waals surface area contributed by atoms with Crippen LogP contribution in [0.25, 0.3) is 21.8 Å². The van der Waals surface area contributed by atoms with E-state index in [1.54, 1.807) is 16.0 Å². The van der Waals surface area contributed by atoms with Gasteiger partial charge in [0.05, 0.1) is 36.8 Å². The molecule has 0 unspecified atom stereocenters. The molecule has 0 spiro atoms. The van der Waals surface area contributed by atoms with E-state index in [0.29, 0.717) is 38.1 Å². The molecule has 0 aliphatic carbocycles. The number of carbonyl (C=O) groups excluding carboxylic acids is 6. The van der Waals surface area contributed by atoms with Crippen LogP contribution in [0, 0.1) is 22.9 Å². The first-order chi connectivity index (χ1) is 29.4. The maximum atomic E-state index is 12.8. The maximum Gasteiger partial charge on any atom is 0.410 e. The summed E-state index contributed by atoms with van der Waals surface area (Å²) < 4.78 is 20.0. The molecular formula is C49H66Cl2N4O9Si2. The highest BCUT2D eigenvalue weighted by Gasteiger charge is 2.30. The summed E-state index contributed by atoms with van der Waals surface area (Å²) >= 11 is 8.98. The van der Waals surface area contributed by atoms with E-state index in [2.05, 4.69) is 119 Å². The zero-order chi connectivity index (χ0) is 48.1. The number of carbonyl (C=O) groups is 6. The van der Waals surface area contributed by atoms with Gasteiger partial charge in [-0.25, -0.2) is 14.4 Å². The predicted molar refractivity (Wildman–Crippen MR) is 269 cm³/mol. The third kappa shape index (κ3) is 16.2. The van der Waals surface area contributed by atoms with Crippen molar-refractivity contribution in [2.45, 2.75) is 133 Å². The molecule has 2 aliphatic rings. The van der Waals surface area contributed by atoms with E-state index >= 15 is 0 Å². The number of ether oxygens (including phenoxy) is 3. The second kappa shape index (κ2) is 22.4. The first-order valence-corrected chi connectivity index (χ1v) is 28.5. The topological polar surface area (TPSA) is 146 Å². The van der Waals surface area contributed by atoms with Gasteiger partial charge in [-0.1, -0.05) is 66.0 Å². The molecule has 2 amide bonds. The molecule has 0 radical (unpaired) electrons. The average molecular weight is 982 g/mol. The lowest BCUT2D eigenvalue weighted by atomic mass is 10.0. The minimum atomic E-state index is -1.64. The Bertz CT molecular complexity index is 2610. The Kier molecular flexibility index (Phi) is 19.3. The fourth-order valence-electron chi connectivity index (χ4n) is 6.61. The highest BCUT2D eigenvalue weighted by atomic mass is 35.5. The van der Waals surface area contributed by atoms with E-state index in [1.165, 1.54) is 18.0 Å². The van der Waals surface area contributed by atoms with Gasteiger partial charge in [-0.3, -0.25) is 14.4 Å². The number of amides is 2. The van der Waals surface area contributed by atoms with Crippen molar-refractivity contribution in [3.8, 4) is 22.9 Å². The summed E-state index contributed by atoms with van der Waals surface area (Å²) in [7, 11) is -1.88. The Morgan fingerprint density at radius 3 is 1.50 bits per heavy atom. The molecule has 358 valence electrons. The molecular weight excluding hydrogens is 916 g/mol. The van der Waals surface area contributed by atoms with Crippen LogP contribution in [0.1, 0.15) is 89.0 Å². The SMILES string of the molecule is C.C.CC(C)(C)OC(=O)N1CCn2ccc3cc(C#C[Si](C)(C)C)cc(c32)C1.COC(=O)C(=O)c1cn2c3c(cc(C#C[Si](C)(C)C)cc13)CN(C(=O)OC(C)(C)C)CC2.O=C(Cl)C(=O)Cl. The lowest BCUT2D eigenvalue weighted by Gasteiger charge is -2.26. The van der Waals surface area contributed by atoms with Gasteiger partial charge in [0.25, 0.3) is 5.78 Å². The van der Waals surface area contributed by atoms with E-state index in [0.717, 1.165) is 34.3 Å². The van der Waals surface area contributed by atoms with Crippen LogP contribution in [-0.2, 0) is 54.8 Å². The number of esters is 1. The molecule has 0 fully saturated rings. The van der Waals surface area contributed by atoms with Gasteiger partial charge in [0.15, 0.2) is 0 Å². The van der Waals surface area contributed by atoms with Crippen LogP contribution < -0.4 is 0 Å². The molecule has 13 nitrogen and oxygen atoms in total. The summed E-state index contributed by atoms with van der Waals surface area (Å²) in [5, 5.41) is -0.453. The Morgan fingerprint density at radius 2 is 1.08 bits per heavy atom. The number of nitrogens with zero attached hydrogens (tertiary/aromatic N) is 4. The van der Waals surface area contributed by atoms with Crippen LogP contribution in [-0.4, -0.2) is 101 Å². The average Bonchev–Trinajstić information content (AvgIpc) is 3.62. The fraction of sp³-hybridized carbons (Fsp3) is 0.469. The van der Waals surface area contributed by atoms with Crippen LogP contribution in [0.2, 0.25) is 39.3 Å². The number of hydrogen-bond acceptors (Lipinski definition) is 9. The normalized spacial score (nSPS) is 13.1. The zero-order valence-electron chi connectivity index (χ0n) is 39.0. The summed E-state index contributed by atoms with van der Waals surface area (Å²) in [5.74, 6) is 4.99. The first-order valence-electron chi connectivity index (χ1n) is 20.8. The molecule has 66 heavy (non-hydrogen) atoms. The quantitative estimate of drug-likeness (QED) is 0.0372. The van der Waals surface area contributed by atoms with Crippen molar-refractivity contribution >= 4 is 95.6 Å². The predicted octanol–water partition coefficient (Wildman–Crippen LogP) is 10.4. The third-order valence-electron chi connectivity index (χ3n) is 9.17. The standard InChI is InChI=1S/C24H30N2O5Si.C21H28N2O2Si.C2Cl2O2.2CH4/c1-24(2,3)31-23(29)26-10-9-25-15-19(21(27)22(28)30-4)18-13-16(8-11-32(5,6)7)12-17(14-26)20(18)25;1-21(2,3)25-20(24)23-11-10-22-9-7-17-13-16(8-12-26(4,5)6)14-18(15-23)19(17)22;3-1(5)2(4)6;;/h12-13,15H,9-10,14H2,1-7H3;7,9,13-14H,10-11,15H2,1-6H3;;2*1H4. The number of benzene rings is 2. The van der Waals surface area contributed by atoms with Gasteiger partial charge in [0.1, 0.15) is 27.3 Å². The van der Waals surface area contributed by atoms with Crippen LogP contribution in [0.5, 0.6) is 0 Å². The number of ketones is 1. The molecule has 4 heterocycles. The van der Waals surface area contributed by atoms with E-state index in [-0.39, 0.29) is 32.6 Å². The maximum absolute atomic E-state index is 12.8. The smallest absolute Gasteiger partial charge is 0.410 e. The molecule has 2 aromatic carbocycles. The lowest BCUT2D eigenvalue weighted by Crippen LogP contribution is -2.37. The molecule has 6 rings (SSSR count). The van der Waals surface area contributed by atoms with Crippen LogP contribution in [0.3, 0.4) is 0 Å². The summed E-state index contributed by atoms with van der Waals surface area (Å²) in [6.07, 6.45) is 3.13. The fourth-order valence-corrected chi connectivity index (χ4v) is 7.65. The van der Waals surface area contributed by atoms with Gasteiger partial charge in [0, 0.05) is 60.5 Å². The van der Waals surface area contributed by atoms with E-state index in [1.807, 2.05) is 58.2 Å². The summed E-state index contributed by atoms with van der Waals surface area (Å²) in [6, 6.07) is 10.2. The van der Waals surface area contributed by atoms with Crippen molar-refractivity contribution < 1.29 is 43.0 Å². The van der Waals surface area contributed by atoms with Crippen LogP contribution in [0.4, 0.5) is 9.59 Å². The minimum Gasteiger partial charge on any atom is -0.463 e. The second-order valence-corrected chi connectivity index (χ2v) is 29.7. The van der Waals surface area contributed by atoms with E-state index < -0.39 is 49.6 Å². The Hall–Kier alpha value is -5.33. The van der Waals surface area contributed by atoms with Crippen molar-refractivity contribution in [3.05, 3.63) is 70.5 Å². The van der Waals surface area contributed by atoms with Gasteiger partial charge < -0.3 is 33.1 Å². The number of Topliss-reactive ketones (excluding diaryl/α,β-unsaturated/α-hetero) is 1. The number of hydrogen-bond donors (Lipinski definition) is 0. The van der Waals surface area contributed by atoms with Crippen molar-refractivity contribution in [2.24, 2.45) is 0 Å². The van der Waals surface area contributed by atoms with Crippen molar-refractivity contribution in [2.75, 3.05) is 20.2 Å². The highest BCUT2D eigenvalue weighted by Crippen LogP contribution is 2.31. The molecule has 2 aromatic heterocycles. The summed E-state index contributed by atoms with van der Waals surface area (Å²) in [5.41, 5.74) is 11.8. The molecule has 0 bridgehead atoms. The molecule has 0 saturated heterocycles. The minimum absolute atomic E-state index is 0. The first kappa shape index (κ1) is 56.8. The van der Waals surface area contributed by atoms with Crippen molar-refractivity contribution in [3.63, 3.8) is 0 Å². The Labute approximate surface area is 402 Å². The van der Waals surface area contributed by atoms with Gasteiger partial charge in [-0.15, -0.1) is 11.1 Å². The molecule has 17 heteroatoms. The number of aromatic nitrogens is 2.